The highest BCUT2D eigenvalue weighted by Crippen LogP contribution is 2.28. The van der Waals surface area contributed by atoms with E-state index in [1.165, 1.54) is 5.01 Å². The zero-order valence-corrected chi connectivity index (χ0v) is 19.6. The summed E-state index contributed by atoms with van der Waals surface area (Å²) in [5.41, 5.74) is 4.42. The van der Waals surface area contributed by atoms with Crippen LogP contribution in [0.5, 0.6) is 0 Å². The Labute approximate surface area is 187 Å². The first-order valence-electron chi connectivity index (χ1n) is 10.9. The van der Waals surface area contributed by atoms with Gasteiger partial charge in [-0.1, -0.05) is 39.0 Å². The molecule has 3 aromatic rings. The molecule has 3 heterocycles. The van der Waals surface area contributed by atoms with Crippen molar-refractivity contribution in [3.8, 4) is 0 Å². The second-order valence-corrected chi connectivity index (χ2v) is 9.24. The normalized spacial score (nSPS) is 14.4. The van der Waals surface area contributed by atoms with Crippen LogP contribution in [0.2, 0.25) is 0 Å². The Kier molecular flexibility index (Phi) is 5.40. The Morgan fingerprint density at radius 2 is 1.91 bits per heavy atom. The van der Waals surface area contributed by atoms with Crippen LogP contribution in [0.1, 0.15) is 49.6 Å². The van der Waals surface area contributed by atoms with Crippen molar-refractivity contribution in [1.82, 2.24) is 19.4 Å². The molecule has 0 saturated carbocycles. The van der Waals surface area contributed by atoms with Gasteiger partial charge in [-0.2, -0.15) is 10.2 Å². The molecule has 0 radical (unpaired) electrons. The molecule has 8 heteroatoms. The third-order valence-electron chi connectivity index (χ3n) is 5.92. The summed E-state index contributed by atoms with van der Waals surface area (Å²) in [6.45, 7) is 13.0. The maximum atomic E-state index is 13.5. The number of nitrogens with one attached hydrogen (secondary N) is 1. The fourth-order valence-corrected chi connectivity index (χ4v) is 4.06. The number of aromatic nitrogens is 3. The van der Waals surface area contributed by atoms with Crippen molar-refractivity contribution in [3.63, 3.8) is 0 Å². The SMILES string of the molecule is CCn1nc(C)c(NC(=O)CN2N=C(C(C)(C)C)Cn3c(cc4ccccc43)C2=O)c1C. The third-order valence-corrected chi connectivity index (χ3v) is 5.92. The van der Waals surface area contributed by atoms with Gasteiger partial charge in [0, 0.05) is 22.9 Å². The molecule has 1 aromatic carbocycles. The highest BCUT2D eigenvalue weighted by molar-refractivity contribution is 6.05. The molecule has 2 amide bonds. The van der Waals surface area contributed by atoms with E-state index < -0.39 is 0 Å². The second-order valence-electron chi connectivity index (χ2n) is 9.24. The fraction of sp³-hybridized carbons (Fsp3) is 0.417. The average molecular weight is 435 g/mol. The lowest BCUT2D eigenvalue weighted by Crippen LogP contribution is -2.35. The molecular weight excluding hydrogens is 404 g/mol. The molecule has 0 bridgehead atoms. The van der Waals surface area contributed by atoms with Gasteiger partial charge in [0.25, 0.3) is 5.91 Å². The van der Waals surface area contributed by atoms with E-state index in [-0.39, 0.29) is 23.8 Å². The van der Waals surface area contributed by atoms with Crippen molar-refractivity contribution in [2.24, 2.45) is 10.5 Å². The fourth-order valence-electron chi connectivity index (χ4n) is 4.06. The number of carbonyl (C=O) groups excluding carboxylic acids is 2. The smallest absolute Gasteiger partial charge is 0.291 e. The van der Waals surface area contributed by atoms with E-state index in [1.807, 2.05) is 60.4 Å². The summed E-state index contributed by atoms with van der Waals surface area (Å²) in [7, 11) is 0. The molecule has 0 saturated heterocycles. The highest BCUT2D eigenvalue weighted by Gasteiger charge is 2.31. The van der Waals surface area contributed by atoms with Crippen LogP contribution in [-0.4, -0.2) is 43.4 Å². The van der Waals surface area contributed by atoms with Crippen LogP contribution in [0.3, 0.4) is 0 Å². The molecule has 1 aliphatic heterocycles. The molecule has 4 rings (SSSR count). The van der Waals surface area contributed by atoms with E-state index in [1.54, 1.807) is 0 Å². The van der Waals surface area contributed by atoms with Crippen LogP contribution < -0.4 is 5.32 Å². The Hall–Kier alpha value is -3.42. The minimum Gasteiger partial charge on any atom is -0.331 e. The number of rotatable bonds is 4. The van der Waals surface area contributed by atoms with Gasteiger partial charge in [-0.15, -0.1) is 0 Å². The number of anilines is 1. The summed E-state index contributed by atoms with van der Waals surface area (Å²) >= 11 is 0. The molecule has 168 valence electrons. The lowest BCUT2D eigenvalue weighted by atomic mass is 9.90. The molecule has 32 heavy (non-hydrogen) atoms. The molecule has 0 fully saturated rings. The van der Waals surface area contributed by atoms with Crippen molar-refractivity contribution in [2.45, 2.75) is 54.6 Å². The molecule has 0 aliphatic carbocycles. The van der Waals surface area contributed by atoms with Gasteiger partial charge in [-0.3, -0.25) is 14.3 Å². The molecule has 8 nitrogen and oxygen atoms in total. The first kappa shape index (κ1) is 21.8. The number of amides is 2. The Morgan fingerprint density at radius 1 is 1.19 bits per heavy atom. The third kappa shape index (κ3) is 3.81. The quantitative estimate of drug-likeness (QED) is 0.674. The van der Waals surface area contributed by atoms with Gasteiger partial charge in [0.1, 0.15) is 12.2 Å². The zero-order valence-electron chi connectivity index (χ0n) is 19.6. The zero-order chi connectivity index (χ0) is 23.2. The average Bonchev–Trinajstić information content (AvgIpc) is 3.18. The minimum atomic E-state index is -0.304. The molecule has 1 aliphatic rings. The molecular formula is C24H30N6O2. The van der Waals surface area contributed by atoms with Gasteiger partial charge >= 0.3 is 0 Å². The van der Waals surface area contributed by atoms with Crippen LogP contribution >= 0.6 is 0 Å². The lowest BCUT2D eigenvalue weighted by molar-refractivity contribution is -0.116. The summed E-state index contributed by atoms with van der Waals surface area (Å²) in [5.74, 6) is -0.588. The van der Waals surface area contributed by atoms with Crippen LogP contribution in [0, 0.1) is 19.3 Å². The maximum Gasteiger partial charge on any atom is 0.291 e. The van der Waals surface area contributed by atoms with E-state index in [9.17, 15) is 9.59 Å². The number of hydrazone groups is 1. The second kappa shape index (κ2) is 7.93. The van der Waals surface area contributed by atoms with E-state index in [2.05, 4.69) is 36.3 Å². The van der Waals surface area contributed by atoms with Gasteiger partial charge in [0.05, 0.1) is 29.3 Å². The predicted molar refractivity (Wildman–Crippen MR) is 126 cm³/mol. The van der Waals surface area contributed by atoms with Crippen molar-refractivity contribution in [2.75, 3.05) is 11.9 Å². The number of benzene rings is 1. The molecule has 2 aromatic heterocycles. The maximum absolute atomic E-state index is 13.5. The number of aryl methyl sites for hydroxylation is 2. The lowest BCUT2D eigenvalue weighted by Gasteiger charge is -2.23. The van der Waals surface area contributed by atoms with Crippen LogP contribution in [0.4, 0.5) is 5.69 Å². The summed E-state index contributed by atoms with van der Waals surface area (Å²) in [6.07, 6.45) is 0. The summed E-state index contributed by atoms with van der Waals surface area (Å²) in [4.78, 5) is 26.4. The largest absolute Gasteiger partial charge is 0.331 e. The van der Waals surface area contributed by atoms with Crippen LogP contribution in [-0.2, 0) is 17.9 Å². The number of fused-ring (bicyclic) bond motifs is 3. The first-order valence-corrected chi connectivity index (χ1v) is 10.9. The summed E-state index contributed by atoms with van der Waals surface area (Å²) < 4.78 is 3.84. The van der Waals surface area contributed by atoms with Gasteiger partial charge in [-0.05, 0) is 32.9 Å². The summed E-state index contributed by atoms with van der Waals surface area (Å²) in [5, 5.41) is 14.3. The monoisotopic (exact) mass is 434 g/mol. The van der Waals surface area contributed by atoms with Crippen molar-refractivity contribution >= 4 is 34.1 Å². The number of para-hydroxylation sites is 1. The summed E-state index contributed by atoms with van der Waals surface area (Å²) in [6, 6.07) is 9.80. The Bertz CT molecular complexity index is 1240. The van der Waals surface area contributed by atoms with E-state index in [0.29, 0.717) is 17.9 Å². The minimum absolute atomic E-state index is 0.171. The highest BCUT2D eigenvalue weighted by atomic mass is 16.2. The van der Waals surface area contributed by atoms with Gasteiger partial charge in [-0.25, -0.2) is 5.01 Å². The van der Waals surface area contributed by atoms with Crippen molar-refractivity contribution in [3.05, 3.63) is 47.4 Å². The van der Waals surface area contributed by atoms with Crippen molar-refractivity contribution < 1.29 is 9.59 Å². The number of nitrogens with zero attached hydrogens (tertiary/aromatic N) is 5. The first-order chi connectivity index (χ1) is 15.1. The van der Waals surface area contributed by atoms with E-state index >= 15 is 0 Å². The van der Waals surface area contributed by atoms with Gasteiger partial charge in [0.15, 0.2) is 0 Å². The van der Waals surface area contributed by atoms with Crippen LogP contribution in [0.15, 0.2) is 35.4 Å². The number of hydrogen-bond acceptors (Lipinski definition) is 4. The van der Waals surface area contributed by atoms with Crippen LogP contribution in [0.25, 0.3) is 10.9 Å². The van der Waals surface area contributed by atoms with Gasteiger partial charge in [0.2, 0.25) is 5.91 Å². The Balaban J connectivity index is 1.68. The van der Waals surface area contributed by atoms with E-state index in [0.717, 1.165) is 34.5 Å². The topological polar surface area (TPSA) is 84.5 Å². The molecule has 0 spiro atoms. The Morgan fingerprint density at radius 3 is 2.56 bits per heavy atom. The molecule has 0 unspecified atom stereocenters. The molecule has 1 N–H and O–H groups in total. The molecule has 0 atom stereocenters. The van der Waals surface area contributed by atoms with Gasteiger partial charge < -0.3 is 9.88 Å². The standard InChI is InChI=1S/C24H30N6O2/c1-7-29-16(3)22(15(2)26-29)25-21(31)14-30-23(32)19-12-17-10-8-9-11-18(17)28(19)13-20(27-30)24(4,5)6/h8-12H,7,13-14H2,1-6H3,(H,25,31). The van der Waals surface area contributed by atoms with Crippen molar-refractivity contribution in [1.29, 1.82) is 0 Å². The number of carbonyl (C=O) groups is 2. The number of hydrogen-bond donors (Lipinski definition) is 1. The predicted octanol–water partition coefficient (Wildman–Crippen LogP) is 3.97. The van der Waals surface area contributed by atoms with E-state index in [4.69, 9.17) is 0 Å².